The third-order valence-electron chi connectivity index (χ3n) is 3.06. The van der Waals surface area contributed by atoms with E-state index in [9.17, 15) is 9.36 Å². The first-order chi connectivity index (χ1) is 12.6. The molecule has 0 aliphatic carbocycles. The van der Waals surface area contributed by atoms with Crippen molar-refractivity contribution in [1.82, 2.24) is 4.98 Å². The van der Waals surface area contributed by atoms with Gasteiger partial charge in [0.1, 0.15) is 16.4 Å². The summed E-state index contributed by atoms with van der Waals surface area (Å²) in [4.78, 5) is 15.9. The Labute approximate surface area is 154 Å². The number of carbonyl (C=O) groups is 1. The Kier molecular flexibility index (Phi) is 5.55. The number of carbonyl (C=O) groups excluding carboxylic acids is 1. The van der Waals surface area contributed by atoms with Crippen LogP contribution in [0.2, 0.25) is 0 Å². The lowest BCUT2D eigenvalue weighted by Gasteiger charge is -2.19. The monoisotopic (exact) mass is 390 g/mol. The van der Waals surface area contributed by atoms with E-state index in [2.05, 4.69) is 14.8 Å². The summed E-state index contributed by atoms with van der Waals surface area (Å²) in [5, 5.41) is 2.87. The SMILES string of the molecule is COC(=O)c1cnc(NP(=O)(Oc2ccccc2)Oc2ccccc2)s1. The van der Waals surface area contributed by atoms with E-state index < -0.39 is 13.7 Å². The minimum Gasteiger partial charge on any atom is -0.465 e. The Morgan fingerprint density at radius 1 is 1.00 bits per heavy atom. The molecule has 0 radical (unpaired) electrons. The third-order valence-corrected chi connectivity index (χ3v) is 5.49. The van der Waals surface area contributed by atoms with Gasteiger partial charge >= 0.3 is 13.7 Å². The molecule has 0 fully saturated rings. The first-order valence-corrected chi connectivity index (χ1v) is 9.86. The minimum absolute atomic E-state index is 0.209. The van der Waals surface area contributed by atoms with Gasteiger partial charge in [0.15, 0.2) is 5.13 Å². The molecule has 0 aliphatic heterocycles. The number of ether oxygens (including phenoxy) is 1. The van der Waals surface area contributed by atoms with Crippen LogP contribution in [0.25, 0.3) is 0 Å². The first-order valence-electron chi connectivity index (χ1n) is 7.50. The average Bonchev–Trinajstić information content (AvgIpc) is 3.10. The van der Waals surface area contributed by atoms with Gasteiger partial charge in [-0.25, -0.2) is 19.4 Å². The molecule has 26 heavy (non-hydrogen) atoms. The zero-order chi connectivity index (χ0) is 18.4. The second-order valence-corrected chi connectivity index (χ2v) is 7.55. The number of benzene rings is 2. The zero-order valence-electron chi connectivity index (χ0n) is 13.7. The molecule has 0 saturated heterocycles. The van der Waals surface area contributed by atoms with Gasteiger partial charge in [0, 0.05) is 0 Å². The van der Waals surface area contributed by atoms with Crippen LogP contribution in [0.15, 0.2) is 66.9 Å². The van der Waals surface area contributed by atoms with Gasteiger partial charge in [0.2, 0.25) is 0 Å². The van der Waals surface area contributed by atoms with Crippen LogP contribution in [0.3, 0.4) is 0 Å². The fourth-order valence-electron chi connectivity index (χ4n) is 1.94. The summed E-state index contributed by atoms with van der Waals surface area (Å²) in [7, 11) is -2.59. The molecule has 0 aliphatic rings. The molecule has 0 unspecified atom stereocenters. The standard InChI is InChI=1S/C17H15N2O5PS/c1-22-16(20)15-12-18-17(26-15)19-25(21,23-13-8-4-2-5-9-13)24-14-10-6-3-7-11-14/h2-12H,1H3,(H,18,19,21). The maximum Gasteiger partial charge on any atom is 0.543 e. The second kappa shape index (κ2) is 8.03. The van der Waals surface area contributed by atoms with Gasteiger partial charge in [0.05, 0.1) is 13.3 Å². The van der Waals surface area contributed by atoms with Gasteiger partial charge in [-0.05, 0) is 24.3 Å². The van der Waals surface area contributed by atoms with Crippen LogP contribution < -0.4 is 14.1 Å². The van der Waals surface area contributed by atoms with Crippen molar-refractivity contribution in [3.63, 3.8) is 0 Å². The number of hydrogen-bond acceptors (Lipinski definition) is 7. The quantitative estimate of drug-likeness (QED) is 0.466. The van der Waals surface area contributed by atoms with Crippen molar-refractivity contribution in [3.05, 3.63) is 71.7 Å². The largest absolute Gasteiger partial charge is 0.543 e. The smallest absolute Gasteiger partial charge is 0.465 e. The summed E-state index contributed by atoms with van der Waals surface area (Å²) in [5.74, 6) is 0.200. The van der Waals surface area contributed by atoms with Crippen molar-refractivity contribution in [2.45, 2.75) is 0 Å². The molecule has 0 amide bonds. The number of nitrogens with zero attached hydrogens (tertiary/aromatic N) is 1. The summed E-state index contributed by atoms with van der Waals surface area (Å²) in [6.07, 6.45) is 1.33. The van der Waals surface area contributed by atoms with E-state index in [1.165, 1.54) is 13.3 Å². The van der Waals surface area contributed by atoms with E-state index in [0.717, 1.165) is 11.3 Å². The number of hydrogen-bond donors (Lipinski definition) is 1. The number of thiazole rings is 1. The highest BCUT2D eigenvalue weighted by Gasteiger charge is 2.30. The number of nitrogens with one attached hydrogen (secondary N) is 1. The molecule has 1 aromatic heterocycles. The Bertz CT molecular complexity index is 872. The van der Waals surface area contributed by atoms with Gasteiger partial charge in [-0.15, -0.1) is 0 Å². The molecule has 1 heterocycles. The van der Waals surface area contributed by atoms with E-state index in [4.69, 9.17) is 9.05 Å². The lowest BCUT2D eigenvalue weighted by atomic mass is 10.3. The first kappa shape index (κ1) is 18.0. The number of methoxy groups -OCH3 is 1. The van der Waals surface area contributed by atoms with Crippen LogP contribution in [-0.2, 0) is 9.30 Å². The maximum atomic E-state index is 13.3. The second-order valence-electron chi connectivity index (χ2n) is 4.94. The van der Waals surface area contributed by atoms with Crippen molar-refractivity contribution >= 4 is 30.2 Å². The van der Waals surface area contributed by atoms with Crippen LogP contribution in [0.1, 0.15) is 9.67 Å². The van der Waals surface area contributed by atoms with E-state index in [0.29, 0.717) is 11.5 Å². The van der Waals surface area contributed by atoms with Crippen molar-refractivity contribution in [2.24, 2.45) is 0 Å². The molecule has 0 bridgehead atoms. The summed E-state index contributed by atoms with van der Waals surface area (Å²) in [5.41, 5.74) is 0. The lowest BCUT2D eigenvalue weighted by Crippen LogP contribution is -2.09. The predicted octanol–water partition coefficient (Wildman–Crippen LogP) is 4.61. The summed E-state index contributed by atoms with van der Waals surface area (Å²) >= 11 is 0.985. The Morgan fingerprint density at radius 3 is 2.04 bits per heavy atom. The molecule has 2 aromatic carbocycles. The van der Waals surface area contributed by atoms with Gasteiger partial charge in [-0.1, -0.05) is 47.7 Å². The number of rotatable bonds is 7. The molecular formula is C17H15N2O5PS. The van der Waals surface area contributed by atoms with Crippen LogP contribution >= 0.6 is 19.1 Å². The average molecular weight is 390 g/mol. The highest BCUT2D eigenvalue weighted by atomic mass is 32.1. The normalized spacial score (nSPS) is 10.8. The van der Waals surface area contributed by atoms with Crippen molar-refractivity contribution in [1.29, 1.82) is 0 Å². The maximum absolute atomic E-state index is 13.3. The zero-order valence-corrected chi connectivity index (χ0v) is 15.4. The molecule has 0 saturated carbocycles. The lowest BCUT2D eigenvalue weighted by molar-refractivity contribution is 0.0606. The van der Waals surface area contributed by atoms with Gasteiger partial charge < -0.3 is 13.8 Å². The molecule has 3 aromatic rings. The summed E-state index contributed by atoms with van der Waals surface area (Å²) in [6.45, 7) is 0. The molecule has 1 N–H and O–H groups in total. The third kappa shape index (κ3) is 4.62. The van der Waals surface area contributed by atoms with Gasteiger partial charge in [0.25, 0.3) is 0 Å². The van der Waals surface area contributed by atoms with Gasteiger partial charge in [-0.2, -0.15) is 0 Å². The molecule has 134 valence electrons. The van der Waals surface area contributed by atoms with Crippen LogP contribution in [-0.4, -0.2) is 18.1 Å². The number of aromatic nitrogens is 1. The molecule has 0 atom stereocenters. The molecule has 9 heteroatoms. The van der Waals surface area contributed by atoms with Crippen molar-refractivity contribution in [2.75, 3.05) is 12.2 Å². The van der Waals surface area contributed by atoms with E-state index in [1.807, 2.05) is 12.1 Å². The summed E-state index contributed by atoms with van der Waals surface area (Å²) in [6, 6.07) is 17.3. The minimum atomic E-state index is -3.86. The Balaban J connectivity index is 1.86. The fraction of sp³-hybridized carbons (Fsp3) is 0.0588. The molecular weight excluding hydrogens is 375 g/mol. The van der Waals surface area contributed by atoms with Crippen molar-refractivity contribution < 1.29 is 23.1 Å². The predicted molar refractivity (Wildman–Crippen MR) is 98.8 cm³/mol. The number of esters is 1. The molecule has 3 rings (SSSR count). The van der Waals surface area contributed by atoms with E-state index in [1.54, 1.807) is 48.5 Å². The van der Waals surface area contributed by atoms with Crippen molar-refractivity contribution in [3.8, 4) is 11.5 Å². The Morgan fingerprint density at radius 2 is 1.54 bits per heavy atom. The van der Waals surface area contributed by atoms with E-state index in [-0.39, 0.29) is 10.0 Å². The highest BCUT2D eigenvalue weighted by Crippen LogP contribution is 2.48. The van der Waals surface area contributed by atoms with Gasteiger partial charge in [-0.3, -0.25) is 0 Å². The van der Waals surface area contributed by atoms with Crippen LogP contribution in [0, 0.1) is 0 Å². The number of anilines is 1. The van der Waals surface area contributed by atoms with Crippen LogP contribution in [0.5, 0.6) is 11.5 Å². The number of para-hydroxylation sites is 2. The molecule has 0 spiro atoms. The highest BCUT2D eigenvalue weighted by molar-refractivity contribution is 7.56. The summed E-state index contributed by atoms with van der Waals surface area (Å²) < 4.78 is 29.1. The fourth-order valence-corrected chi connectivity index (χ4v) is 4.27. The molecule has 7 nitrogen and oxygen atoms in total. The Hall–Kier alpha value is -2.83. The topological polar surface area (TPSA) is 86.8 Å². The van der Waals surface area contributed by atoms with E-state index >= 15 is 0 Å². The van der Waals surface area contributed by atoms with Crippen LogP contribution in [0.4, 0.5) is 5.13 Å².